The maximum absolute atomic E-state index is 10.9. The van der Waals surface area contributed by atoms with Gasteiger partial charge in [-0.05, 0) is 31.7 Å². The molecule has 1 heterocycles. The fraction of sp³-hybridized carbons (Fsp3) is 0.900. The molecular formula is C10H19NO2. The lowest BCUT2D eigenvalue weighted by Crippen LogP contribution is -2.46. The average molecular weight is 185 g/mol. The molecular weight excluding hydrogens is 166 g/mol. The maximum Gasteiger partial charge on any atom is 0.320 e. The van der Waals surface area contributed by atoms with E-state index in [1.807, 2.05) is 0 Å². The van der Waals surface area contributed by atoms with E-state index in [0.29, 0.717) is 5.92 Å². The van der Waals surface area contributed by atoms with Crippen molar-refractivity contribution in [1.29, 1.82) is 0 Å². The summed E-state index contributed by atoms with van der Waals surface area (Å²) < 4.78 is 0. The molecule has 1 fully saturated rings. The van der Waals surface area contributed by atoms with Crippen LogP contribution in [0.3, 0.4) is 0 Å². The van der Waals surface area contributed by atoms with Crippen LogP contribution in [0.4, 0.5) is 0 Å². The minimum absolute atomic E-state index is 0.291. The molecule has 0 radical (unpaired) electrons. The van der Waals surface area contributed by atoms with E-state index in [2.05, 4.69) is 12.2 Å². The first kappa shape index (κ1) is 10.5. The Morgan fingerprint density at radius 1 is 1.62 bits per heavy atom. The van der Waals surface area contributed by atoms with Gasteiger partial charge in [-0.25, -0.2) is 0 Å². The summed E-state index contributed by atoms with van der Waals surface area (Å²) in [4.78, 5) is 10.9. The molecule has 76 valence electrons. The van der Waals surface area contributed by atoms with Crippen molar-refractivity contribution in [3.8, 4) is 0 Å². The predicted molar refractivity (Wildman–Crippen MR) is 51.7 cm³/mol. The minimum atomic E-state index is -0.680. The van der Waals surface area contributed by atoms with Gasteiger partial charge in [0, 0.05) is 0 Å². The molecule has 1 rings (SSSR count). The van der Waals surface area contributed by atoms with Crippen molar-refractivity contribution in [2.75, 3.05) is 6.54 Å². The van der Waals surface area contributed by atoms with Gasteiger partial charge in [0.15, 0.2) is 0 Å². The van der Waals surface area contributed by atoms with Gasteiger partial charge in [0.1, 0.15) is 6.04 Å². The molecule has 13 heavy (non-hydrogen) atoms. The van der Waals surface area contributed by atoms with Crippen molar-refractivity contribution in [2.24, 2.45) is 5.92 Å². The largest absolute Gasteiger partial charge is 0.480 e. The van der Waals surface area contributed by atoms with Crippen molar-refractivity contribution in [3.05, 3.63) is 0 Å². The maximum atomic E-state index is 10.9. The Morgan fingerprint density at radius 2 is 2.38 bits per heavy atom. The SMILES string of the molecule is CCCCC1CCCNC1C(=O)O. The Balaban J connectivity index is 2.41. The number of rotatable bonds is 4. The van der Waals surface area contributed by atoms with Gasteiger partial charge in [-0.1, -0.05) is 19.8 Å². The highest BCUT2D eigenvalue weighted by molar-refractivity contribution is 5.74. The summed E-state index contributed by atoms with van der Waals surface area (Å²) in [5, 5.41) is 12.0. The van der Waals surface area contributed by atoms with Gasteiger partial charge in [0.2, 0.25) is 0 Å². The van der Waals surface area contributed by atoms with Crippen LogP contribution >= 0.6 is 0 Å². The topological polar surface area (TPSA) is 49.3 Å². The van der Waals surface area contributed by atoms with Crippen LogP contribution in [-0.2, 0) is 4.79 Å². The first-order valence-electron chi connectivity index (χ1n) is 5.22. The molecule has 1 aliphatic rings. The molecule has 3 nitrogen and oxygen atoms in total. The van der Waals surface area contributed by atoms with Crippen molar-refractivity contribution in [1.82, 2.24) is 5.32 Å². The summed E-state index contributed by atoms with van der Waals surface area (Å²) in [7, 11) is 0. The number of carboxylic acid groups (broad SMARTS) is 1. The first-order chi connectivity index (χ1) is 6.25. The molecule has 2 atom stereocenters. The van der Waals surface area contributed by atoms with Crippen LogP contribution in [0.1, 0.15) is 39.0 Å². The normalized spacial score (nSPS) is 28.7. The Bertz CT molecular complexity index is 170. The van der Waals surface area contributed by atoms with E-state index >= 15 is 0 Å². The van der Waals surface area contributed by atoms with E-state index in [-0.39, 0.29) is 6.04 Å². The van der Waals surface area contributed by atoms with Crippen LogP contribution in [0.2, 0.25) is 0 Å². The molecule has 1 saturated heterocycles. The van der Waals surface area contributed by atoms with E-state index in [1.165, 1.54) is 0 Å². The molecule has 0 spiro atoms. The number of carboxylic acids is 1. The number of carbonyl (C=O) groups is 1. The molecule has 0 amide bonds. The molecule has 0 bridgehead atoms. The van der Waals surface area contributed by atoms with Crippen LogP contribution in [0, 0.1) is 5.92 Å². The summed E-state index contributed by atoms with van der Waals surface area (Å²) >= 11 is 0. The van der Waals surface area contributed by atoms with E-state index in [0.717, 1.165) is 38.6 Å². The number of hydrogen-bond acceptors (Lipinski definition) is 2. The number of unbranched alkanes of at least 4 members (excludes halogenated alkanes) is 1. The highest BCUT2D eigenvalue weighted by Gasteiger charge is 2.29. The molecule has 2 unspecified atom stereocenters. The van der Waals surface area contributed by atoms with Crippen LogP contribution in [-0.4, -0.2) is 23.7 Å². The van der Waals surface area contributed by atoms with Crippen LogP contribution in [0.25, 0.3) is 0 Å². The van der Waals surface area contributed by atoms with Crippen molar-refractivity contribution < 1.29 is 9.90 Å². The van der Waals surface area contributed by atoms with Crippen molar-refractivity contribution in [3.63, 3.8) is 0 Å². The van der Waals surface area contributed by atoms with Gasteiger partial charge in [-0.15, -0.1) is 0 Å². The van der Waals surface area contributed by atoms with Gasteiger partial charge >= 0.3 is 5.97 Å². The third kappa shape index (κ3) is 2.99. The molecule has 0 aromatic heterocycles. The average Bonchev–Trinajstić information content (AvgIpc) is 2.15. The second-order valence-corrected chi connectivity index (χ2v) is 3.81. The van der Waals surface area contributed by atoms with Crippen LogP contribution < -0.4 is 5.32 Å². The highest BCUT2D eigenvalue weighted by Crippen LogP contribution is 2.22. The van der Waals surface area contributed by atoms with Gasteiger partial charge < -0.3 is 10.4 Å². The Morgan fingerprint density at radius 3 is 3.00 bits per heavy atom. The zero-order valence-electron chi connectivity index (χ0n) is 8.25. The molecule has 2 N–H and O–H groups in total. The summed E-state index contributed by atoms with van der Waals surface area (Å²) in [6, 6.07) is -0.291. The van der Waals surface area contributed by atoms with E-state index in [4.69, 9.17) is 5.11 Å². The van der Waals surface area contributed by atoms with Crippen LogP contribution in [0.5, 0.6) is 0 Å². The third-order valence-electron chi connectivity index (χ3n) is 2.78. The highest BCUT2D eigenvalue weighted by atomic mass is 16.4. The van der Waals surface area contributed by atoms with Crippen LogP contribution in [0.15, 0.2) is 0 Å². The zero-order valence-corrected chi connectivity index (χ0v) is 8.25. The monoisotopic (exact) mass is 185 g/mol. The second kappa shape index (κ2) is 5.22. The van der Waals surface area contributed by atoms with E-state index in [9.17, 15) is 4.79 Å². The molecule has 0 aromatic rings. The fourth-order valence-electron chi connectivity index (χ4n) is 2.02. The van der Waals surface area contributed by atoms with Crippen molar-refractivity contribution in [2.45, 2.75) is 45.1 Å². The zero-order chi connectivity index (χ0) is 9.68. The fourth-order valence-corrected chi connectivity index (χ4v) is 2.02. The molecule has 3 heteroatoms. The van der Waals surface area contributed by atoms with Gasteiger partial charge in [-0.3, -0.25) is 4.79 Å². The number of piperidine rings is 1. The Labute approximate surface area is 79.5 Å². The number of nitrogens with one attached hydrogen (secondary N) is 1. The van der Waals surface area contributed by atoms with Gasteiger partial charge in [0.25, 0.3) is 0 Å². The standard InChI is InChI=1S/C10H19NO2/c1-2-3-5-8-6-4-7-11-9(8)10(12)13/h8-9,11H,2-7H2,1H3,(H,12,13). The lowest BCUT2D eigenvalue weighted by atomic mass is 9.87. The minimum Gasteiger partial charge on any atom is -0.480 e. The summed E-state index contributed by atoms with van der Waals surface area (Å²) in [6.07, 6.45) is 5.56. The Kier molecular flexibility index (Phi) is 4.22. The molecule has 0 aliphatic carbocycles. The molecule has 0 saturated carbocycles. The lowest BCUT2D eigenvalue weighted by Gasteiger charge is -2.29. The molecule has 0 aromatic carbocycles. The number of hydrogen-bond donors (Lipinski definition) is 2. The summed E-state index contributed by atoms with van der Waals surface area (Å²) in [5.41, 5.74) is 0. The van der Waals surface area contributed by atoms with Gasteiger partial charge in [0.05, 0.1) is 0 Å². The van der Waals surface area contributed by atoms with Gasteiger partial charge in [-0.2, -0.15) is 0 Å². The predicted octanol–water partition coefficient (Wildman–Crippen LogP) is 1.63. The molecule has 1 aliphatic heterocycles. The lowest BCUT2D eigenvalue weighted by molar-refractivity contribution is -0.141. The second-order valence-electron chi connectivity index (χ2n) is 3.81. The van der Waals surface area contributed by atoms with Crippen molar-refractivity contribution >= 4 is 5.97 Å². The van der Waals surface area contributed by atoms with E-state index in [1.54, 1.807) is 0 Å². The quantitative estimate of drug-likeness (QED) is 0.700. The van der Waals surface area contributed by atoms with E-state index < -0.39 is 5.97 Å². The third-order valence-corrected chi connectivity index (χ3v) is 2.78. The Hall–Kier alpha value is -0.570. The first-order valence-corrected chi connectivity index (χ1v) is 5.22. The number of aliphatic carboxylic acids is 1. The summed E-state index contributed by atoms with van der Waals surface area (Å²) in [6.45, 7) is 3.01. The summed E-state index contributed by atoms with van der Waals surface area (Å²) in [5.74, 6) is -0.327. The smallest absolute Gasteiger partial charge is 0.320 e.